The van der Waals surface area contributed by atoms with Gasteiger partial charge in [-0.1, -0.05) is 18.2 Å². The van der Waals surface area contributed by atoms with Crippen LogP contribution in [0.15, 0.2) is 36.4 Å². The van der Waals surface area contributed by atoms with Crippen LogP contribution in [0, 0.1) is 17.0 Å². The zero-order valence-corrected chi connectivity index (χ0v) is 10.2. The van der Waals surface area contributed by atoms with Crippen molar-refractivity contribution < 1.29 is 4.92 Å². The highest BCUT2D eigenvalue weighted by Crippen LogP contribution is 2.32. The first-order chi connectivity index (χ1) is 8.59. The van der Waals surface area contributed by atoms with Gasteiger partial charge in [0.05, 0.1) is 10.4 Å². The van der Waals surface area contributed by atoms with Gasteiger partial charge in [0.2, 0.25) is 0 Å². The molecule has 18 heavy (non-hydrogen) atoms. The van der Waals surface area contributed by atoms with Crippen LogP contribution in [-0.2, 0) is 7.05 Å². The van der Waals surface area contributed by atoms with E-state index in [0.29, 0.717) is 5.56 Å². The fourth-order valence-corrected chi connectivity index (χ4v) is 2.50. The lowest BCUT2D eigenvalue weighted by Crippen LogP contribution is -1.93. The van der Waals surface area contributed by atoms with Gasteiger partial charge in [-0.05, 0) is 19.1 Å². The summed E-state index contributed by atoms with van der Waals surface area (Å²) in [7, 11) is 1.93. The highest BCUT2D eigenvalue weighted by molar-refractivity contribution is 6.08. The summed E-state index contributed by atoms with van der Waals surface area (Å²) >= 11 is 0. The van der Waals surface area contributed by atoms with Gasteiger partial charge in [-0.15, -0.1) is 0 Å². The number of aryl methyl sites for hydroxylation is 2. The highest BCUT2D eigenvalue weighted by Gasteiger charge is 2.15. The number of nitrogens with zero attached hydrogens (tertiary/aromatic N) is 2. The first-order valence-corrected chi connectivity index (χ1v) is 5.72. The molecule has 2 aromatic carbocycles. The predicted molar refractivity (Wildman–Crippen MR) is 71.8 cm³/mol. The van der Waals surface area contributed by atoms with Crippen LogP contribution in [0.4, 0.5) is 5.69 Å². The van der Waals surface area contributed by atoms with Gasteiger partial charge >= 0.3 is 0 Å². The van der Waals surface area contributed by atoms with Crippen molar-refractivity contribution in [3.63, 3.8) is 0 Å². The van der Waals surface area contributed by atoms with E-state index >= 15 is 0 Å². The van der Waals surface area contributed by atoms with Gasteiger partial charge in [-0.25, -0.2) is 0 Å². The molecule has 0 saturated heterocycles. The van der Waals surface area contributed by atoms with Crippen molar-refractivity contribution in [2.45, 2.75) is 6.92 Å². The average molecular weight is 240 g/mol. The first kappa shape index (κ1) is 10.8. The monoisotopic (exact) mass is 240 g/mol. The maximum absolute atomic E-state index is 11.0. The lowest BCUT2D eigenvalue weighted by molar-refractivity contribution is -0.385. The molecule has 0 fully saturated rings. The van der Waals surface area contributed by atoms with Gasteiger partial charge in [0, 0.05) is 35.0 Å². The Kier molecular flexibility index (Phi) is 2.13. The fourth-order valence-electron chi connectivity index (χ4n) is 2.50. The summed E-state index contributed by atoms with van der Waals surface area (Å²) in [6.45, 7) is 1.78. The number of nitro groups is 1. The molecule has 0 amide bonds. The standard InChI is InChI=1S/C14H12N2O2/c1-9-7-11-10-5-3-4-6-12(10)15(2)14(11)8-13(9)16(17)18/h3-8H,1-2H3. The van der Waals surface area contributed by atoms with Gasteiger partial charge in [-0.2, -0.15) is 0 Å². The third kappa shape index (κ3) is 1.32. The summed E-state index contributed by atoms with van der Waals surface area (Å²) in [6.07, 6.45) is 0. The number of hydrogen-bond acceptors (Lipinski definition) is 2. The van der Waals surface area contributed by atoms with Crippen molar-refractivity contribution in [1.82, 2.24) is 4.57 Å². The van der Waals surface area contributed by atoms with Crippen LogP contribution in [0.3, 0.4) is 0 Å². The second-order valence-corrected chi connectivity index (χ2v) is 4.49. The van der Waals surface area contributed by atoms with E-state index in [1.807, 2.05) is 41.9 Å². The highest BCUT2D eigenvalue weighted by atomic mass is 16.6. The number of rotatable bonds is 1. The molecule has 0 spiro atoms. The van der Waals surface area contributed by atoms with Crippen molar-refractivity contribution in [1.29, 1.82) is 0 Å². The number of fused-ring (bicyclic) bond motifs is 3. The summed E-state index contributed by atoms with van der Waals surface area (Å²) in [5.74, 6) is 0. The molecule has 0 radical (unpaired) electrons. The second kappa shape index (κ2) is 3.57. The Labute approximate surface area is 104 Å². The molecule has 4 nitrogen and oxygen atoms in total. The molecular weight excluding hydrogens is 228 g/mol. The molecule has 0 saturated carbocycles. The Morgan fingerprint density at radius 2 is 1.83 bits per heavy atom. The molecule has 3 aromatic rings. The number of aromatic nitrogens is 1. The summed E-state index contributed by atoms with van der Waals surface area (Å²) in [5, 5.41) is 13.2. The molecule has 0 unspecified atom stereocenters. The minimum Gasteiger partial charge on any atom is -0.343 e. The molecule has 0 aliphatic heterocycles. The zero-order valence-electron chi connectivity index (χ0n) is 10.2. The van der Waals surface area contributed by atoms with Crippen molar-refractivity contribution in [2.75, 3.05) is 0 Å². The van der Waals surface area contributed by atoms with Gasteiger partial charge in [0.25, 0.3) is 5.69 Å². The zero-order chi connectivity index (χ0) is 12.9. The van der Waals surface area contributed by atoms with E-state index in [2.05, 4.69) is 0 Å². The van der Waals surface area contributed by atoms with Crippen LogP contribution in [0.2, 0.25) is 0 Å². The van der Waals surface area contributed by atoms with Crippen LogP contribution < -0.4 is 0 Å². The largest absolute Gasteiger partial charge is 0.343 e. The molecule has 0 aliphatic rings. The Morgan fingerprint density at radius 3 is 2.56 bits per heavy atom. The van der Waals surface area contributed by atoms with E-state index in [9.17, 15) is 10.1 Å². The van der Waals surface area contributed by atoms with E-state index in [1.165, 1.54) is 0 Å². The molecule has 0 bridgehead atoms. The first-order valence-electron chi connectivity index (χ1n) is 5.72. The third-order valence-electron chi connectivity index (χ3n) is 3.43. The van der Waals surface area contributed by atoms with Gasteiger partial charge in [0.15, 0.2) is 0 Å². The molecule has 0 atom stereocenters. The molecule has 0 aliphatic carbocycles. The Hall–Kier alpha value is -2.36. The number of para-hydroxylation sites is 1. The fraction of sp³-hybridized carbons (Fsp3) is 0.143. The lowest BCUT2D eigenvalue weighted by atomic mass is 10.1. The SMILES string of the molecule is Cc1cc2c3ccccc3n(C)c2cc1[N+](=O)[O-]. The molecule has 0 N–H and O–H groups in total. The van der Waals surface area contributed by atoms with Crippen LogP contribution in [0.5, 0.6) is 0 Å². The van der Waals surface area contributed by atoms with Crippen LogP contribution >= 0.6 is 0 Å². The van der Waals surface area contributed by atoms with Gasteiger partial charge in [-0.3, -0.25) is 10.1 Å². The quantitative estimate of drug-likeness (QED) is 0.482. The summed E-state index contributed by atoms with van der Waals surface area (Å²) < 4.78 is 2.00. The third-order valence-corrected chi connectivity index (χ3v) is 3.43. The minimum absolute atomic E-state index is 0.174. The van der Waals surface area contributed by atoms with Crippen molar-refractivity contribution in [3.8, 4) is 0 Å². The topological polar surface area (TPSA) is 48.1 Å². The van der Waals surface area contributed by atoms with Crippen molar-refractivity contribution >= 4 is 27.5 Å². The number of benzene rings is 2. The Balaban J connectivity index is 2.53. The summed E-state index contributed by atoms with van der Waals surface area (Å²) in [5.41, 5.74) is 2.86. The van der Waals surface area contributed by atoms with E-state index in [4.69, 9.17) is 0 Å². The second-order valence-electron chi connectivity index (χ2n) is 4.49. The van der Waals surface area contributed by atoms with Crippen LogP contribution in [0.1, 0.15) is 5.56 Å². The van der Waals surface area contributed by atoms with Crippen LogP contribution in [0.25, 0.3) is 21.8 Å². The smallest absolute Gasteiger partial charge is 0.274 e. The minimum atomic E-state index is -0.327. The molecular formula is C14H12N2O2. The van der Waals surface area contributed by atoms with E-state index in [-0.39, 0.29) is 10.6 Å². The van der Waals surface area contributed by atoms with E-state index < -0.39 is 0 Å². The predicted octanol–water partition coefficient (Wildman–Crippen LogP) is 3.55. The summed E-state index contributed by atoms with van der Waals surface area (Å²) in [4.78, 5) is 10.7. The number of hydrogen-bond donors (Lipinski definition) is 0. The molecule has 1 heterocycles. The van der Waals surface area contributed by atoms with Gasteiger partial charge in [0.1, 0.15) is 0 Å². The molecule has 90 valence electrons. The van der Waals surface area contributed by atoms with Gasteiger partial charge < -0.3 is 4.57 Å². The summed E-state index contributed by atoms with van der Waals surface area (Å²) in [6, 6.07) is 11.6. The van der Waals surface area contributed by atoms with E-state index in [0.717, 1.165) is 21.8 Å². The van der Waals surface area contributed by atoms with E-state index in [1.54, 1.807) is 13.0 Å². The lowest BCUT2D eigenvalue weighted by Gasteiger charge is -2.00. The maximum atomic E-state index is 11.0. The van der Waals surface area contributed by atoms with Crippen molar-refractivity contribution in [3.05, 3.63) is 52.1 Å². The molecule has 4 heteroatoms. The molecule has 1 aromatic heterocycles. The molecule has 3 rings (SSSR count). The Bertz CT molecular complexity index is 787. The van der Waals surface area contributed by atoms with Crippen molar-refractivity contribution in [2.24, 2.45) is 7.05 Å². The normalized spacial score (nSPS) is 11.2. The number of nitro benzene ring substituents is 1. The maximum Gasteiger partial charge on any atom is 0.274 e. The van der Waals surface area contributed by atoms with Crippen LogP contribution in [-0.4, -0.2) is 9.49 Å². The average Bonchev–Trinajstić information content (AvgIpc) is 2.62. The Morgan fingerprint density at radius 1 is 1.11 bits per heavy atom.